The first-order valence-electron chi connectivity index (χ1n) is 6.07. The zero-order chi connectivity index (χ0) is 12.5. The first-order valence-corrected chi connectivity index (χ1v) is 6.07. The van der Waals surface area contributed by atoms with Crippen LogP contribution in [0, 0.1) is 5.92 Å². The van der Waals surface area contributed by atoms with Crippen molar-refractivity contribution in [3.05, 3.63) is 22.9 Å². The third-order valence-corrected chi connectivity index (χ3v) is 3.40. The zero-order valence-corrected chi connectivity index (χ0v) is 9.83. The van der Waals surface area contributed by atoms with E-state index in [4.69, 9.17) is 0 Å². The van der Waals surface area contributed by atoms with Gasteiger partial charge in [0, 0.05) is 12.6 Å². The Morgan fingerprint density at radius 3 is 3.22 bits per heavy atom. The summed E-state index contributed by atoms with van der Waals surface area (Å²) in [5, 5.41) is 18.9. The highest BCUT2D eigenvalue weighted by Gasteiger charge is 2.22. The lowest BCUT2D eigenvalue weighted by molar-refractivity contribution is 0.178. The van der Waals surface area contributed by atoms with Crippen LogP contribution in [0.1, 0.15) is 19.3 Å². The summed E-state index contributed by atoms with van der Waals surface area (Å²) in [4.78, 5) is 15.4. The van der Waals surface area contributed by atoms with Crippen LogP contribution in [0.3, 0.4) is 0 Å². The number of nitrogens with zero attached hydrogens (tertiary/aromatic N) is 3. The van der Waals surface area contributed by atoms with Crippen molar-refractivity contribution in [1.29, 1.82) is 0 Å². The van der Waals surface area contributed by atoms with Gasteiger partial charge in [-0.1, -0.05) is 0 Å². The van der Waals surface area contributed by atoms with Gasteiger partial charge in [0.05, 0.1) is 6.10 Å². The van der Waals surface area contributed by atoms with E-state index < -0.39 is 0 Å². The van der Waals surface area contributed by atoms with Gasteiger partial charge in [-0.25, -0.2) is 19.3 Å². The minimum Gasteiger partial charge on any atom is -0.393 e. The van der Waals surface area contributed by atoms with Gasteiger partial charge in [0.25, 0.3) is 0 Å². The van der Waals surface area contributed by atoms with E-state index in [0.29, 0.717) is 17.4 Å². The minimum absolute atomic E-state index is 0.155. The topological polar surface area (TPSA) is 95.3 Å². The van der Waals surface area contributed by atoms with Gasteiger partial charge in [0.1, 0.15) is 12.1 Å². The molecule has 3 rings (SSSR count). The van der Waals surface area contributed by atoms with Gasteiger partial charge in [0.15, 0.2) is 5.65 Å². The summed E-state index contributed by atoms with van der Waals surface area (Å²) in [5.41, 5.74) is 0.256. The maximum absolute atomic E-state index is 11.2. The second kappa shape index (κ2) is 4.41. The molecule has 0 aromatic carbocycles. The largest absolute Gasteiger partial charge is 0.393 e. The Hall–Kier alpha value is -1.89. The Balaban J connectivity index is 1.69. The molecule has 1 aliphatic carbocycles. The van der Waals surface area contributed by atoms with E-state index in [1.807, 2.05) is 0 Å². The minimum atomic E-state index is -0.289. The van der Waals surface area contributed by atoms with Gasteiger partial charge >= 0.3 is 5.69 Å². The maximum Gasteiger partial charge on any atom is 0.348 e. The fourth-order valence-electron chi connectivity index (χ4n) is 2.39. The molecule has 0 spiro atoms. The maximum atomic E-state index is 11.2. The van der Waals surface area contributed by atoms with Crippen molar-refractivity contribution in [2.24, 2.45) is 5.92 Å². The molecule has 7 heteroatoms. The Labute approximate surface area is 103 Å². The molecule has 0 aliphatic heterocycles. The molecule has 2 aromatic heterocycles. The summed E-state index contributed by atoms with van der Waals surface area (Å²) >= 11 is 0. The molecule has 3 N–H and O–H groups in total. The van der Waals surface area contributed by atoms with Crippen LogP contribution in [0.25, 0.3) is 5.65 Å². The molecule has 2 heterocycles. The molecule has 0 bridgehead atoms. The summed E-state index contributed by atoms with van der Waals surface area (Å²) in [5.74, 6) is 1.18. The van der Waals surface area contributed by atoms with Crippen LogP contribution >= 0.6 is 0 Å². The number of nitrogens with one attached hydrogen (secondary N) is 2. The first kappa shape index (κ1) is 11.2. The lowest BCUT2D eigenvalue weighted by atomic mass is 10.1. The lowest BCUT2D eigenvalue weighted by Gasteiger charge is -2.11. The molecule has 1 aliphatic rings. The number of hydrogen-bond acceptors (Lipinski definition) is 5. The molecule has 1 fully saturated rings. The Morgan fingerprint density at radius 1 is 1.56 bits per heavy atom. The van der Waals surface area contributed by atoms with Crippen LogP contribution in [0.15, 0.2) is 17.2 Å². The van der Waals surface area contributed by atoms with Crippen LogP contribution in [0.2, 0.25) is 0 Å². The summed E-state index contributed by atoms with van der Waals surface area (Å²) in [6.07, 6.45) is 4.06. The van der Waals surface area contributed by atoms with Crippen molar-refractivity contribution >= 4 is 11.5 Å². The third kappa shape index (κ3) is 2.08. The molecule has 96 valence electrons. The first-order chi connectivity index (χ1) is 8.72. The third-order valence-electron chi connectivity index (χ3n) is 3.40. The monoisotopic (exact) mass is 249 g/mol. The van der Waals surface area contributed by atoms with Gasteiger partial charge in [-0.3, -0.25) is 0 Å². The van der Waals surface area contributed by atoms with Crippen LogP contribution in [-0.4, -0.2) is 37.3 Å². The summed E-state index contributed by atoms with van der Waals surface area (Å²) in [7, 11) is 0. The molecule has 0 amide bonds. The van der Waals surface area contributed by atoms with Gasteiger partial charge in [-0.15, -0.1) is 0 Å². The number of H-pyrrole nitrogens is 1. The van der Waals surface area contributed by atoms with E-state index in [0.717, 1.165) is 25.8 Å². The van der Waals surface area contributed by atoms with Crippen LogP contribution < -0.4 is 11.0 Å². The molecule has 2 aromatic rings. The van der Waals surface area contributed by atoms with Crippen molar-refractivity contribution < 1.29 is 5.11 Å². The van der Waals surface area contributed by atoms with E-state index >= 15 is 0 Å². The molecule has 0 saturated heterocycles. The number of fused-ring (bicyclic) bond motifs is 1. The lowest BCUT2D eigenvalue weighted by Crippen LogP contribution is -2.14. The predicted molar refractivity (Wildman–Crippen MR) is 65.4 cm³/mol. The molecule has 0 radical (unpaired) electrons. The molecule has 2 unspecified atom stereocenters. The van der Waals surface area contributed by atoms with Crippen molar-refractivity contribution in [3.8, 4) is 0 Å². The summed E-state index contributed by atoms with van der Waals surface area (Å²) in [6.45, 7) is 0.787. The molecule has 18 heavy (non-hydrogen) atoms. The highest BCUT2D eigenvalue weighted by atomic mass is 16.3. The van der Waals surface area contributed by atoms with E-state index in [2.05, 4.69) is 20.5 Å². The average Bonchev–Trinajstić information content (AvgIpc) is 2.94. The highest BCUT2D eigenvalue weighted by Crippen LogP contribution is 2.25. The van der Waals surface area contributed by atoms with Crippen LogP contribution in [0.5, 0.6) is 0 Å². The predicted octanol–water partition coefficient (Wildman–Crippen LogP) is -0.00950. The molecular weight excluding hydrogens is 234 g/mol. The second-order valence-electron chi connectivity index (χ2n) is 4.74. The second-order valence-corrected chi connectivity index (χ2v) is 4.74. The summed E-state index contributed by atoms with van der Waals surface area (Å²) < 4.78 is 1.35. The smallest absolute Gasteiger partial charge is 0.348 e. The number of aromatic nitrogens is 4. The fourth-order valence-corrected chi connectivity index (χ4v) is 2.39. The van der Waals surface area contributed by atoms with E-state index in [-0.39, 0.29) is 11.8 Å². The van der Waals surface area contributed by atoms with Gasteiger partial charge < -0.3 is 10.4 Å². The van der Waals surface area contributed by atoms with Crippen molar-refractivity contribution in [1.82, 2.24) is 19.6 Å². The van der Waals surface area contributed by atoms with Crippen molar-refractivity contribution in [2.45, 2.75) is 25.4 Å². The number of aliphatic hydroxyl groups excluding tert-OH is 1. The Bertz CT molecular complexity index is 605. The standard InChI is InChI=1S/C11H15N5O2/c17-8-2-1-7(3-8)5-12-9-4-10-14-15-11(18)16(10)6-13-9/h4,6-8,12,17H,1-3,5H2,(H,15,18). The Morgan fingerprint density at radius 2 is 2.44 bits per heavy atom. The van der Waals surface area contributed by atoms with Crippen molar-refractivity contribution in [3.63, 3.8) is 0 Å². The van der Waals surface area contributed by atoms with E-state index in [1.165, 1.54) is 10.7 Å². The van der Waals surface area contributed by atoms with E-state index in [9.17, 15) is 9.90 Å². The number of anilines is 1. The highest BCUT2D eigenvalue weighted by molar-refractivity contribution is 5.48. The van der Waals surface area contributed by atoms with Crippen molar-refractivity contribution in [2.75, 3.05) is 11.9 Å². The summed E-state index contributed by atoms with van der Waals surface area (Å²) in [6, 6.07) is 1.73. The number of hydrogen-bond donors (Lipinski definition) is 3. The molecule has 1 saturated carbocycles. The van der Waals surface area contributed by atoms with Gasteiger partial charge in [-0.2, -0.15) is 5.10 Å². The molecule has 2 atom stereocenters. The molecule has 7 nitrogen and oxygen atoms in total. The Kier molecular flexibility index (Phi) is 2.75. The SMILES string of the molecule is O=c1[nH]nc2cc(NCC3CCC(O)C3)ncn12. The quantitative estimate of drug-likeness (QED) is 0.711. The normalized spacial score (nSPS) is 23.6. The van der Waals surface area contributed by atoms with E-state index in [1.54, 1.807) is 6.07 Å². The molecular formula is C11H15N5O2. The van der Waals surface area contributed by atoms with Crippen LogP contribution in [0.4, 0.5) is 5.82 Å². The number of aliphatic hydroxyl groups is 1. The number of rotatable bonds is 3. The number of aromatic amines is 1. The average molecular weight is 249 g/mol. The van der Waals surface area contributed by atoms with Gasteiger partial charge in [0.2, 0.25) is 0 Å². The van der Waals surface area contributed by atoms with Gasteiger partial charge in [-0.05, 0) is 25.2 Å². The zero-order valence-electron chi connectivity index (χ0n) is 9.83. The van der Waals surface area contributed by atoms with Crippen LogP contribution in [-0.2, 0) is 0 Å². The fraction of sp³-hybridized carbons (Fsp3) is 0.545.